The summed E-state index contributed by atoms with van der Waals surface area (Å²) in [5, 5.41) is 9.41. The fraction of sp³-hybridized carbons (Fsp3) is 0.632. The van der Waals surface area contributed by atoms with Gasteiger partial charge in [-0.2, -0.15) is 0 Å². The number of ether oxygens (including phenoxy) is 1. The first-order chi connectivity index (χ1) is 12.7. The molecule has 7 heteroatoms. The van der Waals surface area contributed by atoms with Crippen molar-refractivity contribution in [3.05, 3.63) is 23.9 Å². The number of pyridine rings is 1. The van der Waals surface area contributed by atoms with Crippen LogP contribution in [0.3, 0.4) is 0 Å². The highest BCUT2D eigenvalue weighted by atomic mass is 16.5. The third kappa shape index (κ3) is 6.54. The molecule has 26 heavy (non-hydrogen) atoms. The highest BCUT2D eigenvalue weighted by molar-refractivity contribution is 5.81. The van der Waals surface area contributed by atoms with Gasteiger partial charge < -0.3 is 20.7 Å². The van der Waals surface area contributed by atoms with Gasteiger partial charge in [0.2, 0.25) is 11.8 Å². The number of carbonyl (C=O) groups is 1. The number of hydrogen-bond donors (Lipinski definition) is 3. The lowest BCUT2D eigenvalue weighted by atomic mass is 10.3. The van der Waals surface area contributed by atoms with Gasteiger partial charge in [-0.1, -0.05) is 0 Å². The molecule has 0 aliphatic heterocycles. The average Bonchev–Trinajstić information content (AvgIpc) is 3.55. The second-order valence-corrected chi connectivity index (χ2v) is 6.94. The van der Waals surface area contributed by atoms with Crippen LogP contribution >= 0.6 is 0 Å². The minimum atomic E-state index is 0.171. The smallest absolute Gasteiger partial charge is 0.223 e. The number of aliphatic imine (C=N–C) groups is 1. The predicted molar refractivity (Wildman–Crippen MR) is 101 cm³/mol. The summed E-state index contributed by atoms with van der Waals surface area (Å²) in [5.74, 6) is 2.54. The molecule has 2 aliphatic carbocycles. The minimum absolute atomic E-state index is 0.171. The van der Waals surface area contributed by atoms with Gasteiger partial charge in [0.15, 0.2) is 5.96 Å². The molecular formula is C19H29N5O2. The molecule has 0 aromatic carbocycles. The van der Waals surface area contributed by atoms with Crippen molar-refractivity contribution in [2.75, 3.05) is 26.2 Å². The van der Waals surface area contributed by atoms with E-state index in [4.69, 9.17) is 4.74 Å². The van der Waals surface area contributed by atoms with Crippen LogP contribution in [0.4, 0.5) is 0 Å². The molecule has 1 amide bonds. The third-order valence-corrected chi connectivity index (χ3v) is 4.39. The Hall–Kier alpha value is -2.31. The molecule has 2 saturated carbocycles. The Morgan fingerprint density at radius 1 is 1.23 bits per heavy atom. The van der Waals surface area contributed by atoms with Gasteiger partial charge in [0.25, 0.3) is 0 Å². The number of nitrogens with one attached hydrogen (secondary N) is 3. The first-order valence-electron chi connectivity index (χ1n) is 9.62. The summed E-state index contributed by atoms with van der Waals surface area (Å²) in [6.07, 6.45) is 6.36. The summed E-state index contributed by atoms with van der Waals surface area (Å²) >= 11 is 0. The van der Waals surface area contributed by atoms with Gasteiger partial charge in [-0.3, -0.25) is 4.79 Å². The molecule has 0 saturated heterocycles. The fourth-order valence-corrected chi connectivity index (χ4v) is 2.48. The number of nitrogens with zero attached hydrogens (tertiary/aromatic N) is 2. The van der Waals surface area contributed by atoms with Crippen LogP contribution in [0.1, 0.15) is 38.2 Å². The standard InChI is InChI=1S/C19H29N5O2/c1-2-20-19(23-10-9-22-18(25)16-5-6-16)24-12-15-7-8-21-17(11-15)26-13-14-3-4-14/h7-8,11,14,16H,2-6,9-10,12-13H2,1H3,(H,22,25)(H2,20,23,24). The van der Waals surface area contributed by atoms with Gasteiger partial charge in [0.05, 0.1) is 13.2 Å². The van der Waals surface area contributed by atoms with Crippen LogP contribution in [0.2, 0.25) is 0 Å². The summed E-state index contributed by atoms with van der Waals surface area (Å²) in [6.45, 7) is 5.38. The fourth-order valence-electron chi connectivity index (χ4n) is 2.48. The average molecular weight is 359 g/mol. The molecule has 0 spiro atoms. The van der Waals surface area contributed by atoms with Crippen molar-refractivity contribution >= 4 is 11.9 Å². The van der Waals surface area contributed by atoms with Gasteiger partial charge >= 0.3 is 0 Å². The molecule has 0 atom stereocenters. The molecule has 1 aromatic heterocycles. The number of aromatic nitrogens is 1. The van der Waals surface area contributed by atoms with Crippen molar-refractivity contribution in [3.8, 4) is 5.88 Å². The Bertz CT molecular complexity index is 626. The van der Waals surface area contributed by atoms with Crippen molar-refractivity contribution in [1.82, 2.24) is 20.9 Å². The minimum Gasteiger partial charge on any atom is -0.477 e. The van der Waals surface area contributed by atoms with Crippen LogP contribution in [0, 0.1) is 11.8 Å². The van der Waals surface area contributed by atoms with Gasteiger partial charge in [-0.15, -0.1) is 0 Å². The molecule has 0 unspecified atom stereocenters. The molecule has 3 N–H and O–H groups in total. The SMILES string of the molecule is CCNC(=NCc1ccnc(OCC2CC2)c1)NCCNC(=O)C1CC1. The number of hydrogen-bond acceptors (Lipinski definition) is 4. The van der Waals surface area contributed by atoms with Gasteiger partial charge in [-0.25, -0.2) is 9.98 Å². The Morgan fingerprint density at radius 3 is 2.77 bits per heavy atom. The van der Waals surface area contributed by atoms with Crippen LogP contribution in [0.5, 0.6) is 5.88 Å². The van der Waals surface area contributed by atoms with Crippen molar-refractivity contribution < 1.29 is 9.53 Å². The van der Waals surface area contributed by atoms with Crippen LogP contribution in [0.25, 0.3) is 0 Å². The predicted octanol–water partition coefficient (Wildman–Crippen LogP) is 1.45. The molecule has 0 bridgehead atoms. The molecule has 1 heterocycles. The molecule has 2 fully saturated rings. The second kappa shape index (κ2) is 9.40. The largest absolute Gasteiger partial charge is 0.477 e. The van der Waals surface area contributed by atoms with E-state index in [0.29, 0.717) is 31.4 Å². The van der Waals surface area contributed by atoms with Crippen molar-refractivity contribution in [3.63, 3.8) is 0 Å². The number of carbonyl (C=O) groups excluding carboxylic acids is 1. The number of rotatable bonds is 10. The Balaban J connectivity index is 1.43. The summed E-state index contributed by atoms with van der Waals surface area (Å²) in [6, 6.07) is 3.90. The molecule has 1 aromatic rings. The van der Waals surface area contributed by atoms with Crippen molar-refractivity contribution in [2.24, 2.45) is 16.8 Å². The lowest BCUT2D eigenvalue weighted by molar-refractivity contribution is -0.122. The summed E-state index contributed by atoms with van der Waals surface area (Å²) in [7, 11) is 0. The summed E-state index contributed by atoms with van der Waals surface area (Å²) in [5.41, 5.74) is 1.06. The van der Waals surface area contributed by atoms with E-state index in [-0.39, 0.29) is 11.8 Å². The topological polar surface area (TPSA) is 87.6 Å². The quantitative estimate of drug-likeness (QED) is 0.334. The van der Waals surface area contributed by atoms with E-state index in [0.717, 1.165) is 37.5 Å². The van der Waals surface area contributed by atoms with Crippen LogP contribution in [0.15, 0.2) is 23.3 Å². The van der Waals surface area contributed by atoms with E-state index in [1.54, 1.807) is 6.20 Å². The monoisotopic (exact) mass is 359 g/mol. The van der Waals surface area contributed by atoms with Gasteiger partial charge in [-0.05, 0) is 50.2 Å². The van der Waals surface area contributed by atoms with Gasteiger partial charge in [0, 0.05) is 37.8 Å². The third-order valence-electron chi connectivity index (χ3n) is 4.39. The van der Waals surface area contributed by atoms with E-state index in [9.17, 15) is 4.79 Å². The normalized spacial score (nSPS) is 16.9. The van der Waals surface area contributed by atoms with Crippen molar-refractivity contribution in [1.29, 1.82) is 0 Å². The maximum atomic E-state index is 11.6. The molecule has 0 radical (unpaired) electrons. The number of amides is 1. The van der Waals surface area contributed by atoms with E-state index in [1.165, 1.54) is 12.8 Å². The zero-order chi connectivity index (χ0) is 18.2. The number of guanidine groups is 1. The first-order valence-corrected chi connectivity index (χ1v) is 9.62. The highest BCUT2D eigenvalue weighted by Gasteiger charge is 2.28. The van der Waals surface area contributed by atoms with Gasteiger partial charge in [0.1, 0.15) is 0 Å². The van der Waals surface area contributed by atoms with E-state index < -0.39 is 0 Å². The maximum Gasteiger partial charge on any atom is 0.223 e. The molecule has 142 valence electrons. The van der Waals surface area contributed by atoms with E-state index >= 15 is 0 Å². The zero-order valence-corrected chi connectivity index (χ0v) is 15.5. The first kappa shape index (κ1) is 18.5. The molecular weight excluding hydrogens is 330 g/mol. The molecule has 7 nitrogen and oxygen atoms in total. The van der Waals surface area contributed by atoms with Crippen LogP contribution in [-0.2, 0) is 11.3 Å². The van der Waals surface area contributed by atoms with Crippen molar-refractivity contribution in [2.45, 2.75) is 39.2 Å². The van der Waals surface area contributed by atoms with E-state index in [1.807, 2.05) is 19.1 Å². The Kier molecular flexibility index (Phi) is 6.68. The summed E-state index contributed by atoms with van der Waals surface area (Å²) < 4.78 is 5.72. The molecule has 3 rings (SSSR count). The Morgan fingerprint density at radius 2 is 2.04 bits per heavy atom. The lowest BCUT2D eigenvalue weighted by Gasteiger charge is -2.12. The van der Waals surface area contributed by atoms with Crippen LogP contribution in [-0.4, -0.2) is 43.1 Å². The van der Waals surface area contributed by atoms with Crippen LogP contribution < -0.4 is 20.7 Å². The molecule has 2 aliphatic rings. The second-order valence-electron chi connectivity index (χ2n) is 6.94. The maximum absolute atomic E-state index is 11.6. The zero-order valence-electron chi connectivity index (χ0n) is 15.5. The lowest BCUT2D eigenvalue weighted by Crippen LogP contribution is -2.41. The Labute approximate surface area is 155 Å². The summed E-state index contributed by atoms with van der Waals surface area (Å²) in [4.78, 5) is 20.5. The highest BCUT2D eigenvalue weighted by Crippen LogP contribution is 2.29. The van der Waals surface area contributed by atoms with E-state index in [2.05, 4.69) is 25.9 Å².